The van der Waals surface area contributed by atoms with Gasteiger partial charge in [0.2, 0.25) is 0 Å². The summed E-state index contributed by atoms with van der Waals surface area (Å²) in [6.45, 7) is 5.85. The van der Waals surface area contributed by atoms with Crippen LogP contribution in [0, 0.1) is 12.8 Å². The molecule has 1 unspecified atom stereocenters. The summed E-state index contributed by atoms with van der Waals surface area (Å²) in [6, 6.07) is 12.3. The van der Waals surface area contributed by atoms with Crippen LogP contribution in [-0.2, 0) is 17.7 Å². The van der Waals surface area contributed by atoms with Crippen LogP contribution in [0.4, 0.5) is 0 Å². The predicted molar refractivity (Wildman–Crippen MR) is 141 cm³/mol. The lowest BCUT2D eigenvalue weighted by Gasteiger charge is -2.17. The number of aliphatic imine (C=N–C) groups is 1. The number of nitrogens with one attached hydrogen (secondary N) is 2. The summed E-state index contributed by atoms with van der Waals surface area (Å²) in [4.78, 5) is 4.35. The molecule has 2 N–H and O–H groups in total. The second-order valence-electron chi connectivity index (χ2n) is 8.15. The van der Waals surface area contributed by atoms with Crippen LogP contribution in [0.15, 0.2) is 47.6 Å². The summed E-state index contributed by atoms with van der Waals surface area (Å²) >= 11 is 0. The molecule has 1 saturated heterocycles. The SMILES string of the molecule is CN=C(NCCCc1nnc2ccccn12)NCc1ccc(C)cc1OCC1CCOC1.I. The quantitative estimate of drug-likeness (QED) is 0.180. The van der Waals surface area contributed by atoms with E-state index in [2.05, 4.69) is 50.9 Å². The second kappa shape index (κ2) is 12.7. The Hall–Kier alpha value is -2.40. The fraction of sp³-hybridized carbons (Fsp3) is 0.458. The summed E-state index contributed by atoms with van der Waals surface area (Å²) in [6.07, 6.45) is 4.84. The number of benzene rings is 1. The van der Waals surface area contributed by atoms with Crippen LogP contribution in [-0.4, -0.2) is 54.0 Å². The highest BCUT2D eigenvalue weighted by Crippen LogP contribution is 2.22. The Morgan fingerprint density at radius 2 is 2.15 bits per heavy atom. The second-order valence-corrected chi connectivity index (χ2v) is 8.15. The maximum Gasteiger partial charge on any atom is 0.191 e. The van der Waals surface area contributed by atoms with Crippen molar-refractivity contribution in [2.45, 2.75) is 32.7 Å². The molecule has 0 amide bonds. The van der Waals surface area contributed by atoms with E-state index in [-0.39, 0.29) is 24.0 Å². The number of pyridine rings is 1. The maximum absolute atomic E-state index is 6.15. The Kier molecular flexibility index (Phi) is 9.74. The monoisotopic (exact) mass is 564 g/mol. The van der Waals surface area contributed by atoms with E-state index in [1.54, 1.807) is 7.05 Å². The van der Waals surface area contributed by atoms with Gasteiger partial charge in [-0.05, 0) is 43.5 Å². The summed E-state index contributed by atoms with van der Waals surface area (Å²) in [5.41, 5.74) is 3.19. The van der Waals surface area contributed by atoms with E-state index in [1.165, 1.54) is 5.56 Å². The topological polar surface area (TPSA) is 85.1 Å². The first-order valence-electron chi connectivity index (χ1n) is 11.3. The number of aromatic nitrogens is 3. The molecule has 0 bridgehead atoms. The van der Waals surface area contributed by atoms with Gasteiger partial charge in [-0.15, -0.1) is 34.2 Å². The Bertz CT molecular complexity index is 1050. The first kappa shape index (κ1) is 25.2. The molecule has 1 aliphatic rings. The van der Waals surface area contributed by atoms with E-state index in [0.29, 0.717) is 19.1 Å². The fourth-order valence-corrected chi connectivity index (χ4v) is 3.78. The predicted octanol–water partition coefficient (Wildman–Crippen LogP) is 3.37. The summed E-state index contributed by atoms with van der Waals surface area (Å²) in [5, 5.41) is 15.3. The molecular formula is C24H33IN6O2. The van der Waals surface area contributed by atoms with E-state index >= 15 is 0 Å². The van der Waals surface area contributed by atoms with Crippen molar-refractivity contribution in [1.29, 1.82) is 0 Å². The number of guanidine groups is 1. The minimum atomic E-state index is 0. The highest BCUT2D eigenvalue weighted by Gasteiger charge is 2.17. The van der Waals surface area contributed by atoms with Crippen molar-refractivity contribution in [3.8, 4) is 5.75 Å². The van der Waals surface area contributed by atoms with Crippen LogP contribution in [0.3, 0.4) is 0 Å². The molecule has 1 aromatic carbocycles. The summed E-state index contributed by atoms with van der Waals surface area (Å²) in [7, 11) is 1.79. The van der Waals surface area contributed by atoms with Crippen LogP contribution in [0.1, 0.15) is 29.8 Å². The van der Waals surface area contributed by atoms with Gasteiger partial charge in [0.15, 0.2) is 11.6 Å². The lowest BCUT2D eigenvalue weighted by atomic mass is 10.1. The molecule has 9 heteroatoms. The van der Waals surface area contributed by atoms with Crippen LogP contribution < -0.4 is 15.4 Å². The van der Waals surface area contributed by atoms with Gasteiger partial charge < -0.3 is 20.1 Å². The number of ether oxygens (including phenoxy) is 2. The van der Waals surface area contributed by atoms with Gasteiger partial charge in [-0.25, -0.2) is 0 Å². The first-order chi connectivity index (χ1) is 15.7. The molecule has 0 radical (unpaired) electrons. The standard InChI is InChI=1S/C24H32N6O2.HI/c1-18-8-9-20(21(14-18)32-17-19-10-13-31-16-19)15-27-24(25-2)26-11-5-7-23-29-28-22-6-3-4-12-30(22)23;/h3-4,6,8-9,12,14,19H,5,7,10-11,13,15-17H2,1-2H3,(H2,25,26,27);1H. The number of halogens is 1. The minimum absolute atomic E-state index is 0. The van der Waals surface area contributed by atoms with Gasteiger partial charge in [0, 0.05) is 50.8 Å². The molecule has 2 aromatic heterocycles. The number of hydrogen-bond donors (Lipinski definition) is 2. The van der Waals surface area contributed by atoms with Crippen molar-refractivity contribution < 1.29 is 9.47 Å². The van der Waals surface area contributed by atoms with Gasteiger partial charge in [0.25, 0.3) is 0 Å². The molecule has 0 spiro atoms. The van der Waals surface area contributed by atoms with E-state index in [4.69, 9.17) is 9.47 Å². The van der Waals surface area contributed by atoms with Crippen molar-refractivity contribution in [1.82, 2.24) is 25.2 Å². The molecular weight excluding hydrogens is 531 g/mol. The number of rotatable bonds is 9. The number of fused-ring (bicyclic) bond motifs is 1. The van der Waals surface area contributed by atoms with Gasteiger partial charge in [-0.1, -0.05) is 18.2 Å². The highest BCUT2D eigenvalue weighted by atomic mass is 127. The molecule has 1 atom stereocenters. The average molecular weight is 564 g/mol. The van der Waals surface area contributed by atoms with Gasteiger partial charge in [-0.2, -0.15) is 0 Å². The van der Waals surface area contributed by atoms with Crippen molar-refractivity contribution in [3.05, 3.63) is 59.5 Å². The largest absolute Gasteiger partial charge is 0.493 e. The van der Waals surface area contributed by atoms with Gasteiger partial charge >= 0.3 is 0 Å². The number of nitrogens with zero attached hydrogens (tertiary/aromatic N) is 4. The minimum Gasteiger partial charge on any atom is -0.493 e. The van der Waals surface area contributed by atoms with Crippen LogP contribution in [0.2, 0.25) is 0 Å². The molecule has 1 aliphatic heterocycles. The van der Waals surface area contributed by atoms with Gasteiger partial charge in [0.05, 0.1) is 13.2 Å². The number of aryl methyl sites for hydroxylation is 2. The smallest absolute Gasteiger partial charge is 0.191 e. The van der Waals surface area contributed by atoms with E-state index < -0.39 is 0 Å². The third-order valence-corrected chi connectivity index (χ3v) is 5.65. The lowest BCUT2D eigenvalue weighted by Crippen LogP contribution is -2.37. The molecule has 33 heavy (non-hydrogen) atoms. The zero-order valence-electron chi connectivity index (χ0n) is 19.3. The van der Waals surface area contributed by atoms with Crippen LogP contribution in [0.25, 0.3) is 5.65 Å². The average Bonchev–Trinajstić information content (AvgIpc) is 3.48. The lowest BCUT2D eigenvalue weighted by molar-refractivity contribution is 0.166. The van der Waals surface area contributed by atoms with Crippen LogP contribution >= 0.6 is 24.0 Å². The van der Waals surface area contributed by atoms with Gasteiger partial charge in [0.1, 0.15) is 11.6 Å². The highest BCUT2D eigenvalue weighted by molar-refractivity contribution is 14.0. The molecule has 0 saturated carbocycles. The van der Waals surface area contributed by atoms with E-state index in [1.807, 2.05) is 28.8 Å². The Morgan fingerprint density at radius 1 is 1.24 bits per heavy atom. The zero-order chi connectivity index (χ0) is 22.2. The molecule has 178 valence electrons. The van der Waals surface area contributed by atoms with Crippen molar-refractivity contribution in [2.75, 3.05) is 33.4 Å². The molecule has 8 nitrogen and oxygen atoms in total. The summed E-state index contributed by atoms with van der Waals surface area (Å²) < 4.78 is 13.6. The normalized spacial score (nSPS) is 15.9. The number of hydrogen-bond acceptors (Lipinski definition) is 5. The summed E-state index contributed by atoms with van der Waals surface area (Å²) in [5.74, 6) is 3.15. The first-order valence-corrected chi connectivity index (χ1v) is 11.3. The van der Waals surface area contributed by atoms with E-state index in [0.717, 1.165) is 67.8 Å². The van der Waals surface area contributed by atoms with Crippen LogP contribution in [0.5, 0.6) is 5.75 Å². The van der Waals surface area contributed by atoms with E-state index in [9.17, 15) is 0 Å². The third kappa shape index (κ3) is 7.04. The zero-order valence-corrected chi connectivity index (χ0v) is 21.6. The Balaban J connectivity index is 0.00000306. The molecule has 0 aliphatic carbocycles. The Labute approximate surface area is 212 Å². The molecule has 3 heterocycles. The van der Waals surface area contributed by atoms with Crippen molar-refractivity contribution in [3.63, 3.8) is 0 Å². The molecule has 1 fully saturated rings. The molecule has 3 aromatic rings. The fourth-order valence-electron chi connectivity index (χ4n) is 3.78. The Morgan fingerprint density at radius 3 is 2.97 bits per heavy atom. The van der Waals surface area contributed by atoms with Crippen molar-refractivity contribution in [2.24, 2.45) is 10.9 Å². The molecule has 4 rings (SSSR count). The maximum atomic E-state index is 6.15. The van der Waals surface area contributed by atoms with Crippen molar-refractivity contribution >= 4 is 35.6 Å². The third-order valence-electron chi connectivity index (χ3n) is 5.65. The van der Waals surface area contributed by atoms with Gasteiger partial charge in [-0.3, -0.25) is 9.39 Å².